The molecule has 1 unspecified atom stereocenters. The van der Waals surface area contributed by atoms with Crippen LogP contribution in [0.25, 0.3) is 11.3 Å². The summed E-state index contributed by atoms with van der Waals surface area (Å²) >= 11 is 0. The average Bonchev–Trinajstić information content (AvgIpc) is 3.18. The van der Waals surface area contributed by atoms with E-state index < -0.39 is 0 Å². The van der Waals surface area contributed by atoms with Crippen LogP contribution in [0.5, 0.6) is 0 Å². The quantitative estimate of drug-likeness (QED) is 0.750. The van der Waals surface area contributed by atoms with Gasteiger partial charge in [-0.05, 0) is 20.8 Å². The Bertz CT molecular complexity index is 719. The molecule has 27 heavy (non-hydrogen) atoms. The third-order valence-electron chi connectivity index (χ3n) is 5.37. The van der Waals surface area contributed by atoms with Crippen molar-refractivity contribution in [3.05, 3.63) is 42.5 Å². The summed E-state index contributed by atoms with van der Waals surface area (Å²) in [5.74, 6) is 0.975. The zero-order chi connectivity index (χ0) is 19.2. The van der Waals surface area contributed by atoms with Crippen LogP contribution in [0.15, 0.2) is 41.0 Å². The molecule has 1 fully saturated rings. The fraction of sp³-hybridized carbons (Fsp3) is 0.524. The Morgan fingerprint density at radius 2 is 1.81 bits per heavy atom. The number of piperazine rings is 1. The number of rotatable bonds is 7. The maximum atomic E-state index is 12.6. The fourth-order valence-corrected chi connectivity index (χ4v) is 3.58. The van der Waals surface area contributed by atoms with E-state index in [4.69, 9.17) is 4.42 Å². The molecular weight excluding hydrogens is 340 g/mol. The van der Waals surface area contributed by atoms with Crippen LogP contribution in [0.4, 0.5) is 0 Å². The zero-order valence-electron chi connectivity index (χ0n) is 16.6. The monoisotopic (exact) mass is 370 g/mol. The maximum absolute atomic E-state index is 12.6. The molecule has 1 aromatic heterocycles. The van der Waals surface area contributed by atoms with Crippen molar-refractivity contribution in [2.75, 3.05) is 39.3 Å². The predicted octanol–water partition coefficient (Wildman–Crippen LogP) is 2.72. The zero-order valence-corrected chi connectivity index (χ0v) is 16.6. The van der Waals surface area contributed by atoms with Crippen molar-refractivity contribution in [3.8, 4) is 11.3 Å². The van der Waals surface area contributed by atoms with Gasteiger partial charge in [-0.3, -0.25) is 14.6 Å². The second-order valence-corrected chi connectivity index (χ2v) is 6.99. The number of carbonyl (C=O) groups excluding carboxylic acids is 1. The van der Waals surface area contributed by atoms with Crippen LogP contribution in [0.1, 0.15) is 26.7 Å². The number of likely N-dealkylation sites (N-methyl/N-ethyl adjacent to an activating group) is 1. The van der Waals surface area contributed by atoms with Crippen molar-refractivity contribution in [2.45, 2.75) is 33.4 Å². The molecule has 0 saturated carbocycles. The summed E-state index contributed by atoms with van der Waals surface area (Å²) in [6.45, 7) is 12.0. The third kappa shape index (κ3) is 4.76. The standard InChI is InChI=1S/C21H30N4O2/c1-4-24(5-2)21(26)17(3)25-13-11-23(12-14-25)15-20-22-19(16-27-20)18-9-7-6-8-10-18/h6-10,16-17H,4-5,11-15H2,1-3H3. The van der Waals surface area contributed by atoms with E-state index in [1.54, 1.807) is 6.26 Å². The topological polar surface area (TPSA) is 52.8 Å². The van der Waals surface area contributed by atoms with Crippen LogP contribution in [-0.2, 0) is 11.3 Å². The lowest BCUT2D eigenvalue weighted by Gasteiger charge is -2.38. The minimum absolute atomic E-state index is 0.0570. The number of amides is 1. The van der Waals surface area contributed by atoms with Crippen molar-refractivity contribution in [1.82, 2.24) is 19.7 Å². The third-order valence-corrected chi connectivity index (χ3v) is 5.37. The number of hydrogen-bond donors (Lipinski definition) is 0. The van der Waals surface area contributed by atoms with Gasteiger partial charge in [0.25, 0.3) is 0 Å². The van der Waals surface area contributed by atoms with Crippen LogP contribution in [0.2, 0.25) is 0 Å². The van der Waals surface area contributed by atoms with Gasteiger partial charge in [0.15, 0.2) is 0 Å². The molecule has 1 saturated heterocycles. The van der Waals surface area contributed by atoms with Gasteiger partial charge in [0.05, 0.1) is 12.6 Å². The first-order valence-corrected chi connectivity index (χ1v) is 9.87. The molecule has 1 aliphatic heterocycles. The van der Waals surface area contributed by atoms with Gasteiger partial charge in [0, 0.05) is 44.8 Å². The summed E-state index contributed by atoms with van der Waals surface area (Å²) in [5.41, 5.74) is 1.95. The normalized spacial score (nSPS) is 17.0. The lowest BCUT2D eigenvalue weighted by molar-refractivity contribution is -0.136. The van der Waals surface area contributed by atoms with Crippen LogP contribution >= 0.6 is 0 Å². The van der Waals surface area contributed by atoms with Crippen molar-refractivity contribution < 1.29 is 9.21 Å². The SMILES string of the molecule is CCN(CC)C(=O)C(C)N1CCN(Cc2nc(-c3ccccc3)co2)CC1. The Kier molecular flexibility index (Phi) is 6.63. The Morgan fingerprint density at radius 3 is 2.44 bits per heavy atom. The smallest absolute Gasteiger partial charge is 0.239 e. The van der Waals surface area contributed by atoms with Crippen LogP contribution < -0.4 is 0 Å². The van der Waals surface area contributed by atoms with Gasteiger partial charge < -0.3 is 9.32 Å². The highest BCUT2D eigenvalue weighted by molar-refractivity contribution is 5.81. The molecule has 2 heterocycles. The van der Waals surface area contributed by atoms with E-state index in [2.05, 4.69) is 14.8 Å². The minimum atomic E-state index is -0.0570. The number of hydrogen-bond acceptors (Lipinski definition) is 5. The van der Waals surface area contributed by atoms with Crippen LogP contribution in [-0.4, -0.2) is 70.9 Å². The van der Waals surface area contributed by atoms with Gasteiger partial charge in [-0.1, -0.05) is 30.3 Å². The summed E-state index contributed by atoms with van der Waals surface area (Å²) in [6.07, 6.45) is 1.73. The molecule has 6 nitrogen and oxygen atoms in total. The molecule has 1 atom stereocenters. The summed E-state index contributed by atoms with van der Waals surface area (Å²) in [5, 5.41) is 0. The number of oxazole rings is 1. The molecule has 0 bridgehead atoms. The number of nitrogens with zero attached hydrogens (tertiary/aromatic N) is 4. The second-order valence-electron chi connectivity index (χ2n) is 6.99. The van der Waals surface area contributed by atoms with Gasteiger partial charge in [0.1, 0.15) is 12.0 Å². The van der Waals surface area contributed by atoms with E-state index in [0.717, 1.165) is 56.4 Å². The molecule has 0 spiro atoms. The lowest BCUT2D eigenvalue weighted by atomic mass is 10.2. The average molecular weight is 370 g/mol. The molecule has 0 radical (unpaired) electrons. The highest BCUT2D eigenvalue weighted by Gasteiger charge is 2.28. The predicted molar refractivity (Wildman–Crippen MR) is 106 cm³/mol. The van der Waals surface area contributed by atoms with Crippen LogP contribution in [0, 0.1) is 0 Å². The summed E-state index contributed by atoms with van der Waals surface area (Å²) in [7, 11) is 0. The van der Waals surface area contributed by atoms with Gasteiger partial charge in [-0.15, -0.1) is 0 Å². The first-order valence-electron chi connectivity index (χ1n) is 9.87. The Morgan fingerprint density at radius 1 is 1.15 bits per heavy atom. The molecule has 0 N–H and O–H groups in total. The van der Waals surface area contributed by atoms with Crippen molar-refractivity contribution in [2.24, 2.45) is 0 Å². The van der Waals surface area contributed by atoms with Gasteiger partial charge in [0.2, 0.25) is 11.8 Å². The van der Waals surface area contributed by atoms with Crippen molar-refractivity contribution in [1.29, 1.82) is 0 Å². The fourth-order valence-electron chi connectivity index (χ4n) is 3.58. The Labute approximate surface area is 161 Å². The van der Waals surface area contributed by atoms with Gasteiger partial charge >= 0.3 is 0 Å². The Hall–Kier alpha value is -2.18. The molecule has 0 aliphatic carbocycles. The largest absolute Gasteiger partial charge is 0.447 e. The molecule has 1 aliphatic rings. The second kappa shape index (κ2) is 9.15. The highest BCUT2D eigenvalue weighted by atomic mass is 16.3. The van der Waals surface area contributed by atoms with Crippen molar-refractivity contribution in [3.63, 3.8) is 0 Å². The van der Waals surface area contributed by atoms with E-state index in [1.807, 2.05) is 56.0 Å². The summed E-state index contributed by atoms with van der Waals surface area (Å²) in [6, 6.07) is 10.0. The lowest BCUT2D eigenvalue weighted by Crippen LogP contribution is -2.54. The van der Waals surface area contributed by atoms with Crippen molar-refractivity contribution >= 4 is 5.91 Å². The van der Waals surface area contributed by atoms with Crippen LogP contribution in [0.3, 0.4) is 0 Å². The minimum Gasteiger partial charge on any atom is -0.447 e. The molecule has 1 aromatic carbocycles. The Balaban J connectivity index is 1.51. The number of aromatic nitrogens is 1. The molecule has 3 rings (SSSR count). The van der Waals surface area contributed by atoms with E-state index in [1.165, 1.54) is 0 Å². The molecule has 146 valence electrons. The molecular formula is C21H30N4O2. The number of carbonyl (C=O) groups is 1. The van der Waals surface area contributed by atoms with E-state index >= 15 is 0 Å². The van der Waals surface area contributed by atoms with E-state index in [9.17, 15) is 4.79 Å². The first kappa shape index (κ1) is 19.6. The maximum Gasteiger partial charge on any atom is 0.239 e. The molecule has 6 heteroatoms. The summed E-state index contributed by atoms with van der Waals surface area (Å²) in [4.78, 5) is 23.7. The molecule has 1 amide bonds. The van der Waals surface area contributed by atoms with E-state index in [0.29, 0.717) is 6.54 Å². The number of benzene rings is 1. The summed E-state index contributed by atoms with van der Waals surface area (Å²) < 4.78 is 5.67. The molecule has 2 aromatic rings. The first-order chi connectivity index (χ1) is 13.1. The van der Waals surface area contributed by atoms with E-state index in [-0.39, 0.29) is 11.9 Å². The van der Waals surface area contributed by atoms with Gasteiger partial charge in [-0.2, -0.15) is 0 Å². The highest BCUT2D eigenvalue weighted by Crippen LogP contribution is 2.19. The van der Waals surface area contributed by atoms with Gasteiger partial charge in [-0.25, -0.2) is 4.98 Å².